The smallest absolute Gasteiger partial charge is 0.168 e. The number of aliphatic hydroxyl groups excluding tert-OH is 2. The molecule has 312 valence electrons. The lowest BCUT2D eigenvalue weighted by molar-refractivity contribution is 0.0983. The molecule has 1 aliphatic heterocycles. The van der Waals surface area contributed by atoms with E-state index in [1.807, 2.05) is 101 Å². The van der Waals surface area contributed by atoms with Gasteiger partial charge >= 0.3 is 0 Å². The number of carbonyl (C=O) groups excluding carboxylic acids is 2. The Morgan fingerprint density at radius 2 is 1.02 bits per heavy atom. The summed E-state index contributed by atoms with van der Waals surface area (Å²) >= 11 is 6.22. The first-order chi connectivity index (χ1) is 28.2. The molecule has 1 aliphatic carbocycles. The first-order valence-electron chi connectivity index (χ1n) is 20.8. The predicted octanol–water partition coefficient (Wildman–Crippen LogP) is 8.67. The lowest BCUT2D eigenvalue weighted by atomic mass is 9.85. The molecule has 2 aliphatic rings. The Labute approximate surface area is 352 Å². The van der Waals surface area contributed by atoms with Gasteiger partial charge in [-0.25, -0.2) is 14.5 Å². The number of benzene rings is 2. The van der Waals surface area contributed by atoms with Crippen molar-refractivity contribution in [2.45, 2.75) is 110 Å². The number of rotatable bonds is 11. The molecule has 2 aromatic carbocycles. The molecule has 2 N–H and O–H groups in total. The fraction of sp³-hybridized carbons (Fsp3) is 0.447. The Morgan fingerprint density at radius 3 is 1.46 bits per heavy atom. The van der Waals surface area contributed by atoms with Crippen molar-refractivity contribution in [3.63, 3.8) is 0 Å². The van der Waals surface area contributed by atoms with Crippen LogP contribution < -0.4 is 4.90 Å². The van der Waals surface area contributed by atoms with Gasteiger partial charge in [-0.1, -0.05) is 120 Å². The Hall–Kier alpha value is -4.97. The van der Waals surface area contributed by atoms with Gasteiger partial charge in [-0.2, -0.15) is 14.7 Å². The summed E-state index contributed by atoms with van der Waals surface area (Å²) in [5.74, 6) is 1.03. The van der Waals surface area contributed by atoms with E-state index in [9.17, 15) is 19.8 Å². The number of nitrogens with zero attached hydrogens (tertiary/aromatic N) is 7. The quantitative estimate of drug-likeness (QED) is 0.0972. The predicted molar refractivity (Wildman–Crippen MR) is 234 cm³/mol. The number of carbonyl (C=O) groups is 2. The molecule has 0 radical (unpaired) electrons. The average molecular weight is 820 g/mol. The lowest BCUT2D eigenvalue weighted by Gasteiger charge is -2.22. The second kappa shape index (κ2) is 19.0. The van der Waals surface area contributed by atoms with Gasteiger partial charge in [-0.15, -0.1) is 0 Å². The SMILES string of the molecule is C1CCCC1.Cc1cc2nc(CC(=O)c3ccc(C(C)(C)CO)cc3)cc(Cl)n2n1.Cc1cc2nc(CC(=O)c3ccc(C(C)(C)CO)cc3)cc(N3CCCC3)n2n1. The zero-order chi connectivity index (χ0) is 42.3. The van der Waals surface area contributed by atoms with Crippen molar-refractivity contribution in [3.05, 3.63) is 123 Å². The molecular formula is C47H58ClN7O4. The van der Waals surface area contributed by atoms with Gasteiger partial charge in [0.05, 0.1) is 48.8 Å². The van der Waals surface area contributed by atoms with Crippen molar-refractivity contribution < 1.29 is 19.8 Å². The van der Waals surface area contributed by atoms with E-state index < -0.39 is 0 Å². The van der Waals surface area contributed by atoms with Crippen LogP contribution in [0.25, 0.3) is 11.3 Å². The zero-order valence-electron chi connectivity index (χ0n) is 35.3. The van der Waals surface area contributed by atoms with Gasteiger partial charge in [0.1, 0.15) is 11.0 Å². The molecule has 6 aromatic rings. The van der Waals surface area contributed by atoms with Crippen LogP contribution in [0.3, 0.4) is 0 Å². The number of anilines is 1. The maximum absolute atomic E-state index is 12.9. The molecule has 5 heterocycles. The van der Waals surface area contributed by atoms with Crippen LogP contribution in [0.15, 0.2) is 72.8 Å². The first kappa shape index (κ1) is 43.6. The summed E-state index contributed by atoms with van der Waals surface area (Å²) in [4.78, 5) is 36.9. The summed E-state index contributed by atoms with van der Waals surface area (Å²) in [5, 5.41) is 28.2. The summed E-state index contributed by atoms with van der Waals surface area (Å²) in [7, 11) is 0. The minimum Gasteiger partial charge on any atom is -0.395 e. The summed E-state index contributed by atoms with van der Waals surface area (Å²) in [6, 6.07) is 22.3. The summed E-state index contributed by atoms with van der Waals surface area (Å²) in [6.07, 6.45) is 10.3. The Bertz CT molecular complexity index is 2360. The minimum atomic E-state index is -0.332. The van der Waals surface area contributed by atoms with Crippen LogP contribution in [0.5, 0.6) is 0 Å². The van der Waals surface area contributed by atoms with Crippen molar-refractivity contribution in [1.29, 1.82) is 0 Å². The molecule has 2 fully saturated rings. The number of halogens is 1. The molecule has 59 heavy (non-hydrogen) atoms. The van der Waals surface area contributed by atoms with Crippen molar-refractivity contribution in [2.75, 3.05) is 31.2 Å². The fourth-order valence-electron chi connectivity index (χ4n) is 7.39. The molecular weight excluding hydrogens is 762 g/mol. The number of fused-ring (bicyclic) bond motifs is 2. The molecule has 1 saturated heterocycles. The topological polar surface area (TPSA) is 138 Å². The highest BCUT2D eigenvalue weighted by Gasteiger charge is 2.22. The Kier molecular flexibility index (Phi) is 14.0. The molecule has 8 rings (SSSR count). The molecule has 0 atom stereocenters. The third-order valence-corrected chi connectivity index (χ3v) is 11.5. The van der Waals surface area contributed by atoms with Gasteiger partial charge in [-0.3, -0.25) is 9.59 Å². The van der Waals surface area contributed by atoms with Crippen LogP contribution in [0, 0.1) is 13.8 Å². The average Bonchev–Trinajstić information content (AvgIpc) is 4.07. The maximum atomic E-state index is 12.9. The number of aromatic nitrogens is 6. The van der Waals surface area contributed by atoms with E-state index in [1.165, 1.54) is 44.9 Å². The number of Topliss-reactive ketones (excluding diaryl/α,β-unsaturated/α-hetero) is 2. The maximum Gasteiger partial charge on any atom is 0.168 e. The molecule has 0 spiro atoms. The summed E-state index contributed by atoms with van der Waals surface area (Å²) < 4.78 is 3.44. The second-order valence-corrected chi connectivity index (χ2v) is 17.6. The van der Waals surface area contributed by atoms with Crippen molar-refractivity contribution in [3.8, 4) is 0 Å². The monoisotopic (exact) mass is 819 g/mol. The Balaban J connectivity index is 0.000000179. The third-order valence-electron chi connectivity index (χ3n) is 11.3. The van der Waals surface area contributed by atoms with Crippen LogP contribution in [-0.2, 0) is 23.7 Å². The number of hydrogen-bond acceptors (Lipinski definition) is 9. The lowest BCUT2D eigenvalue weighted by Crippen LogP contribution is -2.22. The summed E-state index contributed by atoms with van der Waals surface area (Å²) in [6.45, 7) is 13.8. The third kappa shape index (κ3) is 10.8. The van der Waals surface area contributed by atoms with Crippen molar-refractivity contribution in [2.24, 2.45) is 0 Å². The van der Waals surface area contributed by atoms with Crippen molar-refractivity contribution in [1.82, 2.24) is 29.2 Å². The largest absolute Gasteiger partial charge is 0.395 e. The van der Waals surface area contributed by atoms with Crippen LogP contribution in [0.1, 0.15) is 127 Å². The van der Waals surface area contributed by atoms with E-state index in [0.29, 0.717) is 27.6 Å². The fourth-order valence-corrected chi connectivity index (χ4v) is 7.64. The van der Waals surface area contributed by atoms with Gasteiger partial charge in [0.25, 0.3) is 0 Å². The van der Waals surface area contributed by atoms with Gasteiger partial charge in [0.15, 0.2) is 22.9 Å². The molecule has 1 saturated carbocycles. The van der Waals surface area contributed by atoms with Gasteiger partial charge in [-0.05, 0) is 43.9 Å². The second-order valence-electron chi connectivity index (χ2n) is 17.2. The highest BCUT2D eigenvalue weighted by atomic mass is 35.5. The van der Waals surface area contributed by atoms with E-state index in [2.05, 4.69) is 25.1 Å². The molecule has 0 bridgehead atoms. The van der Waals surface area contributed by atoms with E-state index in [1.54, 1.807) is 22.7 Å². The first-order valence-corrected chi connectivity index (χ1v) is 21.2. The molecule has 4 aromatic heterocycles. The summed E-state index contributed by atoms with van der Waals surface area (Å²) in [5.41, 5.74) is 7.17. The zero-order valence-corrected chi connectivity index (χ0v) is 36.1. The van der Waals surface area contributed by atoms with Crippen molar-refractivity contribution >= 4 is 40.3 Å². The number of hydrogen-bond donors (Lipinski definition) is 2. The van der Waals surface area contributed by atoms with E-state index in [4.69, 9.17) is 11.6 Å². The minimum absolute atomic E-state index is 0.0301. The highest BCUT2D eigenvalue weighted by Crippen LogP contribution is 2.26. The Morgan fingerprint density at radius 1 is 0.610 bits per heavy atom. The highest BCUT2D eigenvalue weighted by molar-refractivity contribution is 6.29. The normalized spacial score (nSPS) is 14.3. The number of aliphatic hydroxyl groups is 2. The van der Waals surface area contributed by atoms with Gasteiger partial charge in [0.2, 0.25) is 0 Å². The van der Waals surface area contributed by atoms with Gasteiger partial charge in [0, 0.05) is 53.2 Å². The van der Waals surface area contributed by atoms with Crippen LogP contribution >= 0.6 is 11.6 Å². The van der Waals surface area contributed by atoms with E-state index >= 15 is 0 Å². The molecule has 0 unspecified atom stereocenters. The molecule has 12 heteroatoms. The number of ketones is 2. The molecule has 11 nitrogen and oxygen atoms in total. The number of aryl methyl sites for hydroxylation is 2. The van der Waals surface area contributed by atoms with Crippen LogP contribution in [0.2, 0.25) is 5.15 Å². The van der Waals surface area contributed by atoms with Gasteiger partial charge < -0.3 is 15.1 Å². The molecule has 0 amide bonds. The van der Waals surface area contributed by atoms with E-state index in [-0.39, 0.29) is 48.5 Å². The van der Waals surface area contributed by atoms with E-state index in [0.717, 1.165) is 52.8 Å². The van der Waals surface area contributed by atoms with Crippen LogP contribution in [0.4, 0.5) is 5.82 Å². The van der Waals surface area contributed by atoms with Crippen LogP contribution in [-0.4, -0.2) is 77.3 Å². The standard InChI is InChI=1S/C23H28N4O2.C19H20ClN3O2.C5H10/c1-16-12-21-24-19(14-22(27(21)25-16)26-10-4-5-11-26)13-20(29)17-6-8-18(9-7-17)23(2,3)15-28;1-12-8-18-21-15(10-17(20)23(18)22-12)9-16(25)13-4-6-14(7-5-13)19(2,3)11-24;1-2-4-5-3-1/h6-9,12,14,28H,4-5,10-11,13,15H2,1-3H3;4-8,10,24H,9,11H2,1-3H3;1-5H2.